The quantitative estimate of drug-likeness (QED) is 0.777. The van der Waals surface area contributed by atoms with Gasteiger partial charge in [-0.05, 0) is 6.07 Å². The fourth-order valence-electron chi connectivity index (χ4n) is 0.560. The molecule has 0 spiro atoms. The van der Waals surface area contributed by atoms with Gasteiger partial charge < -0.3 is 10.5 Å². The van der Waals surface area contributed by atoms with Crippen molar-refractivity contribution in [2.75, 3.05) is 5.73 Å². The zero-order valence-electron chi connectivity index (χ0n) is 6.32. The molecule has 0 amide bonds. The lowest BCUT2D eigenvalue weighted by Gasteiger charge is -2.07. The lowest BCUT2D eigenvalue weighted by Crippen LogP contribution is -2.20. The molecule has 72 valence electrons. The molecule has 4 nitrogen and oxygen atoms in total. The third-order valence-electron chi connectivity index (χ3n) is 1.09. The fraction of sp³-hybridized carbons (Fsp3) is 0.333. The third-order valence-corrected chi connectivity index (χ3v) is 1.09. The number of halogens is 3. The molecule has 0 aliphatic rings. The van der Waals surface area contributed by atoms with Gasteiger partial charge in [0.1, 0.15) is 5.82 Å². The zero-order chi connectivity index (χ0) is 9.84. The second kappa shape index (κ2) is 3.92. The smallest absolute Gasteiger partial charge is 0.304 e. The summed E-state index contributed by atoms with van der Waals surface area (Å²) in [6.45, 7) is 0. The molecule has 0 fully saturated rings. The monoisotopic (exact) mass is 193 g/mol. The summed E-state index contributed by atoms with van der Waals surface area (Å²) >= 11 is 0. The van der Waals surface area contributed by atoms with E-state index in [0.29, 0.717) is 0 Å². The molecule has 0 aromatic carbocycles. The van der Waals surface area contributed by atoms with Crippen molar-refractivity contribution in [1.29, 1.82) is 0 Å². The van der Waals surface area contributed by atoms with Crippen molar-refractivity contribution in [3.63, 3.8) is 0 Å². The Labute approximate surface area is 71.5 Å². The molecule has 1 heterocycles. The minimum absolute atomic E-state index is 0.0970. The first-order valence-electron chi connectivity index (χ1n) is 3.27. The minimum atomic E-state index is -3.21. The van der Waals surface area contributed by atoms with Crippen molar-refractivity contribution in [2.24, 2.45) is 0 Å². The number of alkyl halides is 3. The Bertz CT molecular complexity index is 266. The highest BCUT2D eigenvalue weighted by atomic mass is 19.3. The Kier molecular flexibility index (Phi) is 2.88. The first-order valence-corrected chi connectivity index (χ1v) is 3.27. The number of hydrogen-bond acceptors (Lipinski definition) is 4. The highest BCUT2D eigenvalue weighted by molar-refractivity contribution is 5.27. The Morgan fingerprint density at radius 2 is 1.92 bits per heavy atom. The molecule has 1 aromatic heterocycles. The summed E-state index contributed by atoms with van der Waals surface area (Å²) in [6, 6.07) is 2.41. The lowest BCUT2D eigenvalue weighted by molar-refractivity contribution is -0.0694. The number of ether oxygens (including phenoxy) is 1. The van der Waals surface area contributed by atoms with Crippen LogP contribution in [0.15, 0.2) is 12.1 Å². The summed E-state index contributed by atoms with van der Waals surface area (Å²) in [6.07, 6.45) is -5.91. The average molecular weight is 193 g/mol. The van der Waals surface area contributed by atoms with Crippen LogP contribution >= 0.6 is 0 Å². The van der Waals surface area contributed by atoms with Gasteiger partial charge in [-0.3, -0.25) is 0 Å². The van der Waals surface area contributed by atoms with Crippen LogP contribution in [0.2, 0.25) is 0 Å². The maximum atomic E-state index is 12.2. The topological polar surface area (TPSA) is 61.0 Å². The van der Waals surface area contributed by atoms with Crippen LogP contribution in [0.4, 0.5) is 19.0 Å². The molecule has 1 rings (SSSR count). The predicted molar refractivity (Wildman–Crippen MR) is 38.0 cm³/mol. The van der Waals surface area contributed by atoms with E-state index in [1.54, 1.807) is 0 Å². The normalized spacial score (nSPS) is 12.9. The molecular formula is C6H6F3N3O. The molecule has 7 heteroatoms. The molecule has 1 atom stereocenters. The number of rotatable bonds is 3. The maximum absolute atomic E-state index is 12.2. The van der Waals surface area contributed by atoms with Crippen LogP contribution in [0.25, 0.3) is 0 Å². The van der Waals surface area contributed by atoms with Crippen molar-refractivity contribution >= 4 is 5.82 Å². The minimum Gasteiger partial charge on any atom is -0.436 e. The molecule has 0 saturated carbocycles. The number of nitrogen functional groups attached to an aromatic ring is 1. The molecule has 13 heavy (non-hydrogen) atoms. The van der Waals surface area contributed by atoms with Gasteiger partial charge >= 0.3 is 6.43 Å². The Hall–Kier alpha value is -1.53. The van der Waals surface area contributed by atoms with Crippen molar-refractivity contribution in [2.45, 2.75) is 12.8 Å². The van der Waals surface area contributed by atoms with Gasteiger partial charge in [0.2, 0.25) is 5.88 Å². The van der Waals surface area contributed by atoms with E-state index in [-0.39, 0.29) is 11.7 Å². The summed E-state index contributed by atoms with van der Waals surface area (Å²) in [7, 11) is 0. The van der Waals surface area contributed by atoms with Crippen LogP contribution in [0.5, 0.6) is 5.88 Å². The van der Waals surface area contributed by atoms with E-state index in [9.17, 15) is 13.2 Å². The van der Waals surface area contributed by atoms with Crippen LogP contribution in [0.3, 0.4) is 0 Å². The van der Waals surface area contributed by atoms with Gasteiger partial charge in [-0.2, -0.15) is 4.39 Å². The van der Waals surface area contributed by atoms with E-state index >= 15 is 0 Å². The highest BCUT2D eigenvalue weighted by Gasteiger charge is 2.21. The summed E-state index contributed by atoms with van der Waals surface area (Å²) in [5, 5.41) is 6.51. The average Bonchev–Trinajstić information content (AvgIpc) is 2.08. The number of aromatic nitrogens is 2. The van der Waals surface area contributed by atoms with Crippen LogP contribution in [0.1, 0.15) is 0 Å². The van der Waals surface area contributed by atoms with E-state index < -0.39 is 12.8 Å². The van der Waals surface area contributed by atoms with E-state index in [1.165, 1.54) is 6.07 Å². The number of anilines is 1. The van der Waals surface area contributed by atoms with Crippen LogP contribution in [-0.4, -0.2) is 23.0 Å². The number of nitrogens with two attached hydrogens (primary N) is 1. The third kappa shape index (κ3) is 2.77. The van der Waals surface area contributed by atoms with Crippen molar-refractivity contribution in [3.05, 3.63) is 12.1 Å². The van der Waals surface area contributed by atoms with Gasteiger partial charge in [0.15, 0.2) is 0 Å². The highest BCUT2D eigenvalue weighted by Crippen LogP contribution is 2.12. The molecule has 0 saturated heterocycles. The molecule has 0 aliphatic carbocycles. The van der Waals surface area contributed by atoms with Gasteiger partial charge in [0.25, 0.3) is 6.36 Å². The molecule has 0 aliphatic heterocycles. The number of hydrogen-bond donors (Lipinski definition) is 1. The van der Waals surface area contributed by atoms with E-state index in [4.69, 9.17) is 5.73 Å². The van der Waals surface area contributed by atoms with E-state index in [2.05, 4.69) is 14.9 Å². The zero-order valence-corrected chi connectivity index (χ0v) is 6.32. The van der Waals surface area contributed by atoms with Gasteiger partial charge in [-0.1, -0.05) is 0 Å². The molecule has 1 unspecified atom stereocenters. The van der Waals surface area contributed by atoms with Crippen molar-refractivity contribution in [3.8, 4) is 5.88 Å². The van der Waals surface area contributed by atoms with Crippen molar-refractivity contribution < 1.29 is 17.9 Å². The molecule has 0 radical (unpaired) electrons. The van der Waals surface area contributed by atoms with Crippen LogP contribution in [-0.2, 0) is 0 Å². The molecular weight excluding hydrogens is 187 g/mol. The van der Waals surface area contributed by atoms with Gasteiger partial charge in [0.05, 0.1) is 0 Å². The van der Waals surface area contributed by atoms with Gasteiger partial charge in [0, 0.05) is 6.07 Å². The van der Waals surface area contributed by atoms with Crippen LogP contribution < -0.4 is 10.5 Å². The van der Waals surface area contributed by atoms with Crippen LogP contribution in [0, 0.1) is 0 Å². The first-order chi connectivity index (χ1) is 6.09. The van der Waals surface area contributed by atoms with Gasteiger partial charge in [-0.15, -0.1) is 10.2 Å². The Balaban J connectivity index is 2.59. The summed E-state index contributed by atoms with van der Waals surface area (Å²) in [4.78, 5) is 0. The maximum Gasteiger partial charge on any atom is 0.304 e. The second-order valence-electron chi connectivity index (χ2n) is 2.10. The van der Waals surface area contributed by atoms with Crippen molar-refractivity contribution in [1.82, 2.24) is 10.2 Å². The fourth-order valence-corrected chi connectivity index (χ4v) is 0.560. The largest absolute Gasteiger partial charge is 0.436 e. The predicted octanol–water partition coefficient (Wildman–Crippen LogP) is 0.998. The summed E-state index contributed by atoms with van der Waals surface area (Å²) < 4.78 is 39.6. The Morgan fingerprint density at radius 1 is 1.23 bits per heavy atom. The molecule has 0 bridgehead atoms. The summed E-state index contributed by atoms with van der Waals surface area (Å²) in [5.74, 6) is -0.234. The second-order valence-corrected chi connectivity index (χ2v) is 2.10. The SMILES string of the molecule is Nc1ccc(OC(F)C(F)F)nn1. The molecule has 2 N–H and O–H groups in total. The van der Waals surface area contributed by atoms with E-state index in [0.717, 1.165) is 6.07 Å². The first kappa shape index (κ1) is 9.56. The Morgan fingerprint density at radius 3 is 2.38 bits per heavy atom. The lowest BCUT2D eigenvalue weighted by atomic mass is 10.5. The van der Waals surface area contributed by atoms with Gasteiger partial charge in [-0.25, -0.2) is 8.78 Å². The summed E-state index contributed by atoms with van der Waals surface area (Å²) in [5.41, 5.74) is 5.15. The van der Waals surface area contributed by atoms with E-state index in [1.807, 2.05) is 0 Å². The standard InChI is InChI=1S/C6H6F3N3O/c7-5(8)6(9)13-4-2-1-3(10)11-12-4/h1-2,5-6H,(H2,10,11). The number of nitrogens with zero attached hydrogens (tertiary/aromatic N) is 2. The molecule has 1 aromatic rings.